The Hall–Kier alpha value is -1.02. The maximum Gasteiger partial charge on any atom is 0.0453 e. The van der Waals surface area contributed by atoms with Gasteiger partial charge in [-0.3, -0.25) is 0 Å². The Labute approximate surface area is 137 Å². The first-order valence-electron chi connectivity index (χ1n) is 7.12. The van der Waals surface area contributed by atoms with Crippen molar-refractivity contribution >= 4 is 23.2 Å². The van der Waals surface area contributed by atoms with Crippen LogP contribution in [-0.4, -0.2) is 13.1 Å². The molecule has 1 N–H and O–H groups in total. The van der Waals surface area contributed by atoms with Crippen LogP contribution in [0.2, 0.25) is 10.0 Å². The Kier molecular flexibility index (Phi) is 5.32. The Morgan fingerprint density at radius 1 is 1.05 bits per heavy atom. The van der Waals surface area contributed by atoms with Gasteiger partial charge in [0.2, 0.25) is 0 Å². The van der Waals surface area contributed by atoms with E-state index in [9.17, 15) is 0 Å². The average Bonchev–Trinajstić information content (AvgIpc) is 2.47. The largest absolute Gasteiger partial charge is 0.316 e. The smallest absolute Gasteiger partial charge is 0.0453 e. The number of rotatable bonds is 5. The molecular formula is C18H21Cl2N. The maximum absolute atomic E-state index is 6.31. The van der Waals surface area contributed by atoms with E-state index in [-0.39, 0.29) is 11.5 Å². The van der Waals surface area contributed by atoms with Gasteiger partial charge in [0.05, 0.1) is 0 Å². The molecule has 1 unspecified atom stereocenters. The molecule has 0 fully saturated rings. The standard InChI is InChI=1S/C18H21Cl2N/c1-18(2,14-7-5-4-6-8-14)17(21-3)11-13-9-10-15(19)12-16(13)20/h4-10,12,17,21H,11H2,1-3H3. The van der Waals surface area contributed by atoms with Gasteiger partial charge < -0.3 is 5.32 Å². The first-order chi connectivity index (χ1) is 9.95. The monoisotopic (exact) mass is 321 g/mol. The average molecular weight is 322 g/mol. The summed E-state index contributed by atoms with van der Waals surface area (Å²) in [4.78, 5) is 0. The summed E-state index contributed by atoms with van der Waals surface area (Å²) in [5.74, 6) is 0. The number of hydrogen-bond donors (Lipinski definition) is 1. The molecule has 0 saturated heterocycles. The minimum atomic E-state index is -0.00102. The molecule has 0 bridgehead atoms. The normalized spacial score (nSPS) is 13.2. The third kappa shape index (κ3) is 3.79. The molecule has 2 aromatic carbocycles. The molecule has 0 aliphatic heterocycles. The molecule has 3 heteroatoms. The van der Waals surface area contributed by atoms with Crippen LogP contribution >= 0.6 is 23.2 Å². The van der Waals surface area contributed by atoms with Crippen LogP contribution in [0.5, 0.6) is 0 Å². The summed E-state index contributed by atoms with van der Waals surface area (Å²) in [6.07, 6.45) is 0.856. The highest BCUT2D eigenvalue weighted by molar-refractivity contribution is 6.35. The SMILES string of the molecule is CNC(Cc1ccc(Cl)cc1Cl)C(C)(C)c1ccccc1. The van der Waals surface area contributed by atoms with Crippen molar-refractivity contribution < 1.29 is 0 Å². The second-order valence-electron chi connectivity index (χ2n) is 5.87. The van der Waals surface area contributed by atoms with Crippen LogP contribution in [0.4, 0.5) is 0 Å². The van der Waals surface area contributed by atoms with Crippen molar-refractivity contribution in [2.45, 2.75) is 31.7 Å². The molecule has 1 atom stereocenters. The quantitative estimate of drug-likeness (QED) is 0.807. The fraction of sp³-hybridized carbons (Fsp3) is 0.333. The van der Waals surface area contributed by atoms with E-state index >= 15 is 0 Å². The second kappa shape index (κ2) is 6.83. The molecule has 0 aliphatic carbocycles. The number of benzene rings is 2. The van der Waals surface area contributed by atoms with Crippen molar-refractivity contribution in [3.63, 3.8) is 0 Å². The molecule has 1 nitrogen and oxygen atoms in total. The van der Waals surface area contributed by atoms with Crippen LogP contribution < -0.4 is 5.32 Å². The number of hydrogen-bond acceptors (Lipinski definition) is 1. The fourth-order valence-electron chi connectivity index (χ4n) is 2.69. The summed E-state index contributed by atoms with van der Waals surface area (Å²) in [5, 5.41) is 4.84. The minimum absolute atomic E-state index is 0.00102. The topological polar surface area (TPSA) is 12.0 Å². The maximum atomic E-state index is 6.31. The first-order valence-corrected chi connectivity index (χ1v) is 7.87. The van der Waals surface area contributed by atoms with Crippen molar-refractivity contribution in [3.8, 4) is 0 Å². The van der Waals surface area contributed by atoms with Gasteiger partial charge in [-0.05, 0) is 36.7 Å². The summed E-state index contributed by atoms with van der Waals surface area (Å²) in [6, 6.07) is 16.5. The summed E-state index contributed by atoms with van der Waals surface area (Å²) >= 11 is 12.3. The van der Waals surface area contributed by atoms with Crippen LogP contribution in [0.25, 0.3) is 0 Å². The van der Waals surface area contributed by atoms with E-state index in [4.69, 9.17) is 23.2 Å². The van der Waals surface area contributed by atoms with E-state index in [0.29, 0.717) is 5.02 Å². The van der Waals surface area contributed by atoms with E-state index in [1.165, 1.54) is 5.56 Å². The van der Waals surface area contributed by atoms with E-state index in [1.54, 1.807) is 6.07 Å². The van der Waals surface area contributed by atoms with Crippen molar-refractivity contribution in [3.05, 3.63) is 69.7 Å². The summed E-state index contributed by atoms with van der Waals surface area (Å²) in [6.45, 7) is 4.51. The van der Waals surface area contributed by atoms with Crippen LogP contribution in [0.15, 0.2) is 48.5 Å². The van der Waals surface area contributed by atoms with Crippen molar-refractivity contribution in [1.82, 2.24) is 5.32 Å². The van der Waals surface area contributed by atoms with Gasteiger partial charge in [-0.25, -0.2) is 0 Å². The third-order valence-electron chi connectivity index (χ3n) is 4.18. The highest BCUT2D eigenvalue weighted by Gasteiger charge is 2.30. The lowest BCUT2D eigenvalue weighted by Crippen LogP contribution is -2.44. The van der Waals surface area contributed by atoms with E-state index < -0.39 is 0 Å². The zero-order chi connectivity index (χ0) is 15.5. The van der Waals surface area contributed by atoms with Crippen LogP contribution in [-0.2, 0) is 11.8 Å². The Morgan fingerprint density at radius 2 is 1.71 bits per heavy atom. The zero-order valence-corrected chi connectivity index (χ0v) is 14.2. The first kappa shape index (κ1) is 16.4. The minimum Gasteiger partial charge on any atom is -0.316 e. The van der Waals surface area contributed by atoms with Gasteiger partial charge in [0, 0.05) is 21.5 Å². The second-order valence-corrected chi connectivity index (χ2v) is 6.71. The number of nitrogens with one attached hydrogen (secondary N) is 1. The lowest BCUT2D eigenvalue weighted by molar-refractivity contribution is 0.356. The van der Waals surface area contributed by atoms with Gasteiger partial charge in [-0.2, -0.15) is 0 Å². The predicted molar refractivity (Wildman–Crippen MR) is 92.5 cm³/mol. The third-order valence-corrected chi connectivity index (χ3v) is 4.76. The number of likely N-dealkylation sites (N-methyl/N-ethyl adjacent to an activating group) is 1. The van der Waals surface area contributed by atoms with Crippen LogP contribution in [0.3, 0.4) is 0 Å². The summed E-state index contributed by atoms with van der Waals surface area (Å²) in [5.41, 5.74) is 2.43. The van der Waals surface area contributed by atoms with E-state index in [0.717, 1.165) is 17.0 Å². The Balaban J connectivity index is 2.27. The van der Waals surface area contributed by atoms with Crippen molar-refractivity contribution in [1.29, 1.82) is 0 Å². The molecule has 0 aliphatic rings. The molecule has 112 valence electrons. The lowest BCUT2D eigenvalue weighted by atomic mass is 9.75. The predicted octanol–water partition coefficient (Wildman–Crippen LogP) is 5.10. The molecule has 0 amide bonds. The summed E-state index contributed by atoms with van der Waals surface area (Å²) in [7, 11) is 2.00. The van der Waals surface area contributed by atoms with Crippen LogP contribution in [0.1, 0.15) is 25.0 Å². The van der Waals surface area contributed by atoms with Crippen molar-refractivity contribution in [2.75, 3.05) is 7.05 Å². The van der Waals surface area contributed by atoms with Gasteiger partial charge in [0.15, 0.2) is 0 Å². The van der Waals surface area contributed by atoms with Gasteiger partial charge in [-0.15, -0.1) is 0 Å². The van der Waals surface area contributed by atoms with Gasteiger partial charge in [0.25, 0.3) is 0 Å². The Morgan fingerprint density at radius 3 is 2.29 bits per heavy atom. The lowest BCUT2D eigenvalue weighted by Gasteiger charge is -2.35. The molecule has 2 aromatic rings. The van der Waals surface area contributed by atoms with Crippen LogP contribution in [0, 0.1) is 0 Å². The molecular weight excluding hydrogens is 301 g/mol. The zero-order valence-electron chi connectivity index (χ0n) is 12.7. The molecule has 0 spiro atoms. The van der Waals surface area contributed by atoms with E-state index in [1.807, 2.05) is 25.2 Å². The molecule has 0 aromatic heterocycles. The van der Waals surface area contributed by atoms with Gasteiger partial charge in [-0.1, -0.05) is 73.4 Å². The van der Waals surface area contributed by atoms with Crippen molar-refractivity contribution in [2.24, 2.45) is 0 Å². The molecule has 21 heavy (non-hydrogen) atoms. The molecule has 2 rings (SSSR count). The van der Waals surface area contributed by atoms with E-state index in [2.05, 4.69) is 43.4 Å². The highest BCUT2D eigenvalue weighted by atomic mass is 35.5. The number of halogens is 2. The van der Waals surface area contributed by atoms with Gasteiger partial charge in [0.1, 0.15) is 0 Å². The molecule has 0 radical (unpaired) electrons. The molecule has 0 heterocycles. The van der Waals surface area contributed by atoms with Gasteiger partial charge >= 0.3 is 0 Å². The Bertz CT molecular complexity index is 593. The highest BCUT2D eigenvalue weighted by Crippen LogP contribution is 2.31. The summed E-state index contributed by atoms with van der Waals surface area (Å²) < 4.78 is 0. The molecule has 0 saturated carbocycles. The fourth-order valence-corrected chi connectivity index (χ4v) is 3.18.